The highest BCUT2D eigenvalue weighted by atomic mass is 19.1. The van der Waals surface area contributed by atoms with E-state index >= 15 is 0 Å². The van der Waals surface area contributed by atoms with Gasteiger partial charge in [-0.2, -0.15) is 0 Å². The van der Waals surface area contributed by atoms with Gasteiger partial charge < -0.3 is 14.2 Å². The summed E-state index contributed by atoms with van der Waals surface area (Å²) in [6.07, 6.45) is 11.0. The molecular weight excluding hydrogens is 367 g/mol. The number of hydrogen-bond acceptors (Lipinski definition) is 3. The summed E-state index contributed by atoms with van der Waals surface area (Å²) >= 11 is 0. The molecule has 4 heteroatoms. The van der Waals surface area contributed by atoms with E-state index in [1.807, 2.05) is 6.07 Å². The minimum absolute atomic E-state index is 0.0421. The van der Waals surface area contributed by atoms with Gasteiger partial charge in [0.2, 0.25) is 0 Å². The fourth-order valence-electron chi connectivity index (χ4n) is 4.59. The normalized spacial score (nSPS) is 27.7. The van der Waals surface area contributed by atoms with Crippen LogP contribution in [0.25, 0.3) is 0 Å². The van der Waals surface area contributed by atoms with Crippen LogP contribution in [0.5, 0.6) is 0 Å². The Labute approximate surface area is 175 Å². The molecule has 29 heavy (non-hydrogen) atoms. The zero-order valence-corrected chi connectivity index (χ0v) is 17.9. The Morgan fingerprint density at radius 1 is 1.14 bits per heavy atom. The van der Waals surface area contributed by atoms with Gasteiger partial charge in [-0.15, -0.1) is 6.58 Å². The predicted octanol–water partition coefficient (Wildman–Crippen LogP) is 6.37. The van der Waals surface area contributed by atoms with Crippen molar-refractivity contribution in [1.82, 2.24) is 0 Å². The first-order valence-electron chi connectivity index (χ1n) is 11.4. The number of ether oxygens (including phenoxy) is 3. The summed E-state index contributed by atoms with van der Waals surface area (Å²) in [5.74, 6) is 1.29. The first kappa shape index (κ1) is 22.5. The Morgan fingerprint density at radius 3 is 2.55 bits per heavy atom. The van der Waals surface area contributed by atoms with Crippen molar-refractivity contribution in [3.63, 3.8) is 0 Å². The van der Waals surface area contributed by atoms with Crippen LogP contribution in [0.15, 0.2) is 30.9 Å². The highest BCUT2D eigenvalue weighted by molar-refractivity contribution is 5.27. The van der Waals surface area contributed by atoms with Gasteiger partial charge in [0.05, 0.1) is 26.4 Å². The van der Waals surface area contributed by atoms with Crippen molar-refractivity contribution in [2.75, 3.05) is 19.8 Å². The van der Waals surface area contributed by atoms with Crippen molar-refractivity contribution >= 4 is 0 Å². The average molecular weight is 405 g/mol. The maximum atomic E-state index is 14.4. The van der Waals surface area contributed by atoms with Crippen LogP contribution >= 0.6 is 0 Å². The molecule has 0 aromatic heterocycles. The van der Waals surface area contributed by atoms with Gasteiger partial charge in [-0.05, 0) is 49.7 Å². The quantitative estimate of drug-likeness (QED) is 0.335. The van der Waals surface area contributed by atoms with Crippen molar-refractivity contribution in [2.24, 2.45) is 11.8 Å². The molecule has 0 unspecified atom stereocenters. The van der Waals surface area contributed by atoms with E-state index in [-0.39, 0.29) is 12.1 Å². The van der Waals surface area contributed by atoms with Gasteiger partial charge in [0.1, 0.15) is 5.82 Å². The highest BCUT2D eigenvalue weighted by Gasteiger charge is 2.32. The number of unbranched alkanes of at least 4 members (excludes halogenated alkanes) is 2. The number of hydrogen-bond donors (Lipinski definition) is 0. The standard InChI is InChI=1S/C25H37FO3/c1-3-5-6-7-19-16-28-25(29-17-19)21-10-8-20(9-11-21)22-12-13-23(24(26)15-22)18-27-14-4-2/h4,12-13,15,19-21,25H,2-3,5-11,14,16-18H2,1H3/t19-,20-,21-,25-. The number of rotatable bonds is 10. The second kappa shape index (κ2) is 11.8. The van der Waals surface area contributed by atoms with Gasteiger partial charge in [0.25, 0.3) is 0 Å². The van der Waals surface area contributed by atoms with E-state index in [4.69, 9.17) is 14.2 Å². The summed E-state index contributed by atoms with van der Waals surface area (Å²) in [7, 11) is 0. The summed E-state index contributed by atoms with van der Waals surface area (Å²) < 4.78 is 31.9. The maximum Gasteiger partial charge on any atom is 0.160 e. The van der Waals surface area contributed by atoms with E-state index in [0.29, 0.717) is 36.5 Å². The average Bonchev–Trinajstić information content (AvgIpc) is 2.76. The number of halogens is 1. The Kier molecular flexibility index (Phi) is 9.16. The molecule has 3 nitrogen and oxygen atoms in total. The third-order valence-electron chi connectivity index (χ3n) is 6.41. The Bertz CT molecular complexity index is 616. The van der Waals surface area contributed by atoms with Gasteiger partial charge in [0.15, 0.2) is 6.29 Å². The summed E-state index contributed by atoms with van der Waals surface area (Å²) in [5, 5.41) is 0. The van der Waals surface area contributed by atoms with Crippen molar-refractivity contribution in [3.05, 3.63) is 47.8 Å². The predicted molar refractivity (Wildman–Crippen MR) is 114 cm³/mol. The number of benzene rings is 1. The molecule has 0 spiro atoms. The molecular formula is C25H37FO3. The minimum atomic E-state index is -0.165. The van der Waals surface area contributed by atoms with Gasteiger partial charge >= 0.3 is 0 Å². The van der Waals surface area contributed by atoms with Crippen LogP contribution in [-0.4, -0.2) is 26.1 Å². The van der Waals surface area contributed by atoms with E-state index in [1.165, 1.54) is 25.7 Å². The zero-order valence-electron chi connectivity index (χ0n) is 17.9. The van der Waals surface area contributed by atoms with Crippen molar-refractivity contribution < 1.29 is 18.6 Å². The second-order valence-corrected chi connectivity index (χ2v) is 8.66. The Morgan fingerprint density at radius 2 is 1.90 bits per heavy atom. The molecule has 0 amide bonds. The summed E-state index contributed by atoms with van der Waals surface area (Å²) in [6, 6.07) is 5.63. The molecule has 1 heterocycles. The van der Waals surface area contributed by atoms with Gasteiger partial charge in [-0.25, -0.2) is 4.39 Å². The first-order valence-corrected chi connectivity index (χ1v) is 11.4. The first-order chi connectivity index (χ1) is 14.2. The van der Waals surface area contributed by atoms with E-state index in [9.17, 15) is 4.39 Å². The van der Waals surface area contributed by atoms with Crippen LogP contribution in [0, 0.1) is 17.7 Å². The lowest BCUT2D eigenvalue weighted by Crippen LogP contribution is -2.38. The monoisotopic (exact) mass is 404 g/mol. The Hall–Kier alpha value is -1.23. The van der Waals surface area contributed by atoms with Crippen molar-refractivity contribution in [3.8, 4) is 0 Å². The van der Waals surface area contributed by atoms with Crippen molar-refractivity contribution in [1.29, 1.82) is 0 Å². The molecule has 3 rings (SSSR count). The van der Waals surface area contributed by atoms with Gasteiger partial charge in [0, 0.05) is 17.4 Å². The zero-order chi connectivity index (χ0) is 20.5. The van der Waals surface area contributed by atoms with Crippen LogP contribution in [0.2, 0.25) is 0 Å². The largest absolute Gasteiger partial charge is 0.373 e. The Balaban J connectivity index is 1.42. The van der Waals surface area contributed by atoms with Crippen LogP contribution in [0.1, 0.15) is 75.3 Å². The maximum absolute atomic E-state index is 14.4. The van der Waals surface area contributed by atoms with Crippen LogP contribution in [-0.2, 0) is 20.8 Å². The molecule has 0 N–H and O–H groups in total. The van der Waals surface area contributed by atoms with Crippen LogP contribution in [0.4, 0.5) is 4.39 Å². The molecule has 1 aliphatic carbocycles. The lowest BCUT2D eigenvalue weighted by Gasteiger charge is -2.37. The fraction of sp³-hybridized carbons (Fsp3) is 0.680. The van der Waals surface area contributed by atoms with Crippen molar-refractivity contribution in [2.45, 2.75) is 77.1 Å². The van der Waals surface area contributed by atoms with Gasteiger partial charge in [-0.1, -0.05) is 44.4 Å². The third kappa shape index (κ3) is 6.63. The van der Waals surface area contributed by atoms with E-state index in [0.717, 1.165) is 44.5 Å². The molecule has 0 atom stereocenters. The van der Waals surface area contributed by atoms with Gasteiger partial charge in [-0.3, -0.25) is 0 Å². The molecule has 1 saturated carbocycles. The van der Waals surface area contributed by atoms with E-state index in [2.05, 4.69) is 19.6 Å². The molecule has 0 radical (unpaired) electrons. The molecule has 1 aliphatic heterocycles. The lowest BCUT2D eigenvalue weighted by atomic mass is 9.78. The van der Waals surface area contributed by atoms with Crippen LogP contribution < -0.4 is 0 Å². The molecule has 162 valence electrons. The molecule has 0 bridgehead atoms. The fourth-order valence-corrected chi connectivity index (χ4v) is 4.59. The highest BCUT2D eigenvalue weighted by Crippen LogP contribution is 2.39. The second-order valence-electron chi connectivity index (χ2n) is 8.66. The smallest absolute Gasteiger partial charge is 0.160 e. The van der Waals surface area contributed by atoms with E-state index in [1.54, 1.807) is 12.1 Å². The molecule has 1 saturated heterocycles. The summed E-state index contributed by atoms with van der Waals surface area (Å²) in [4.78, 5) is 0. The van der Waals surface area contributed by atoms with Crippen LogP contribution in [0.3, 0.4) is 0 Å². The lowest BCUT2D eigenvalue weighted by molar-refractivity contribution is -0.229. The molecule has 2 aliphatic rings. The van der Waals surface area contributed by atoms with E-state index < -0.39 is 0 Å². The molecule has 2 fully saturated rings. The molecule has 1 aromatic carbocycles. The minimum Gasteiger partial charge on any atom is -0.373 e. The topological polar surface area (TPSA) is 27.7 Å². The summed E-state index contributed by atoms with van der Waals surface area (Å²) in [5.41, 5.74) is 1.72. The molecule has 1 aromatic rings. The SMILES string of the molecule is C=CCOCc1ccc([C@H]2CC[C@H]([C@H]3OC[C@H](CCCCC)CO3)CC2)cc1F. The summed E-state index contributed by atoms with van der Waals surface area (Å²) in [6.45, 7) is 8.27. The third-order valence-corrected chi connectivity index (χ3v) is 6.41.